The van der Waals surface area contributed by atoms with Crippen molar-refractivity contribution < 1.29 is 13.2 Å². The Labute approximate surface area is 190 Å². The van der Waals surface area contributed by atoms with Crippen molar-refractivity contribution in [3.8, 4) is 0 Å². The van der Waals surface area contributed by atoms with Crippen LogP contribution in [0.4, 0.5) is 5.13 Å². The number of carbonyl (C=O) groups is 1. The summed E-state index contributed by atoms with van der Waals surface area (Å²) in [6, 6.07) is 25.0. The van der Waals surface area contributed by atoms with Gasteiger partial charge in [0.2, 0.25) is 9.47 Å². The first kappa shape index (κ1) is 21.8. The van der Waals surface area contributed by atoms with Gasteiger partial charge in [-0.3, -0.25) is 10.1 Å². The molecule has 0 atom stereocenters. The molecule has 0 aliphatic carbocycles. The van der Waals surface area contributed by atoms with E-state index >= 15 is 0 Å². The van der Waals surface area contributed by atoms with Gasteiger partial charge in [0.25, 0.3) is 15.9 Å². The Hall–Kier alpha value is -3.40. The predicted molar refractivity (Wildman–Crippen MR) is 124 cm³/mol. The second-order valence-corrected chi connectivity index (χ2v) is 9.94. The van der Waals surface area contributed by atoms with Gasteiger partial charge < -0.3 is 0 Å². The molecule has 1 amide bonds. The van der Waals surface area contributed by atoms with Gasteiger partial charge in [-0.15, -0.1) is 10.2 Å². The van der Waals surface area contributed by atoms with Crippen molar-refractivity contribution in [2.45, 2.75) is 17.3 Å². The van der Waals surface area contributed by atoms with Crippen molar-refractivity contribution >= 4 is 32.4 Å². The van der Waals surface area contributed by atoms with E-state index in [0.717, 1.165) is 28.0 Å². The SMILES string of the molecule is Cc1cccc(C(=O)Nc2nnc(S(=O)(=O)NC(c3ccccc3)c3ccccc3)s2)c1. The van der Waals surface area contributed by atoms with Gasteiger partial charge in [0, 0.05) is 5.56 Å². The number of anilines is 1. The molecule has 0 spiro atoms. The first-order chi connectivity index (χ1) is 15.4. The van der Waals surface area contributed by atoms with Crippen LogP contribution in [0, 0.1) is 6.92 Å². The van der Waals surface area contributed by atoms with Crippen molar-refractivity contribution in [1.82, 2.24) is 14.9 Å². The first-order valence-electron chi connectivity index (χ1n) is 9.76. The summed E-state index contributed by atoms with van der Waals surface area (Å²) >= 11 is 0.795. The summed E-state index contributed by atoms with van der Waals surface area (Å²) < 4.78 is 28.7. The van der Waals surface area contributed by atoms with E-state index < -0.39 is 16.1 Å². The number of hydrogen-bond donors (Lipinski definition) is 2. The lowest BCUT2D eigenvalue weighted by Crippen LogP contribution is -2.29. The zero-order valence-electron chi connectivity index (χ0n) is 17.1. The molecule has 9 heteroatoms. The molecule has 3 aromatic carbocycles. The summed E-state index contributed by atoms with van der Waals surface area (Å²) in [5.41, 5.74) is 2.98. The zero-order valence-corrected chi connectivity index (χ0v) is 18.7. The number of hydrogen-bond acceptors (Lipinski definition) is 6. The van der Waals surface area contributed by atoms with Gasteiger partial charge in [-0.1, -0.05) is 89.7 Å². The van der Waals surface area contributed by atoms with Gasteiger partial charge in [-0.25, -0.2) is 8.42 Å². The molecule has 1 heterocycles. The van der Waals surface area contributed by atoms with Crippen LogP contribution in [0.5, 0.6) is 0 Å². The van der Waals surface area contributed by atoms with Gasteiger partial charge in [-0.2, -0.15) is 4.72 Å². The van der Waals surface area contributed by atoms with Crippen LogP contribution in [0.2, 0.25) is 0 Å². The van der Waals surface area contributed by atoms with Crippen LogP contribution in [0.25, 0.3) is 0 Å². The number of benzene rings is 3. The molecule has 4 rings (SSSR count). The van der Waals surface area contributed by atoms with E-state index in [9.17, 15) is 13.2 Å². The summed E-state index contributed by atoms with van der Waals surface area (Å²) in [4.78, 5) is 12.4. The molecule has 1 aromatic heterocycles. The topological polar surface area (TPSA) is 101 Å². The van der Waals surface area contributed by atoms with Crippen molar-refractivity contribution in [3.05, 3.63) is 107 Å². The molecule has 32 heavy (non-hydrogen) atoms. The monoisotopic (exact) mass is 464 g/mol. The Morgan fingerprint density at radius 1 is 0.875 bits per heavy atom. The Bertz CT molecular complexity index is 1280. The number of nitrogens with one attached hydrogen (secondary N) is 2. The highest BCUT2D eigenvalue weighted by molar-refractivity contribution is 7.91. The Balaban J connectivity index is 1.56. The average molecular weight is 465 g/mol. The molecule has 7 nitrogen and oxygen atoms in total. The average Bonchev–Trinajstić information content (AvgIpc) is 3.28. The largest absolute Gasteiger partial charge is 0.296 e. The Kier molecular flexibility index (Phi) is 6.40. The first-order valence-corrected chi connectivity index (χ1v) is 12.1. The van der Waals surface area contributed by atoms with E-state index in [1.54, 1.807) is 18.2 Å². The van der Waals surface area contributed by atoms with Crippen LogP contribution in [0.15, 0.2) is 89.3 Å². The molecule has 2 N–H and O–H groups in total. The van der Waals surface area contributed by atoms with Crippen LogP contribution in [0.1, 0.15) is 33.1 Å². The number of nitrogens with zero attached hydrogens (tertiary/aromatic N) is 2. The summed E-state index contributed by atoms with van der Waals surface area (Å²) in [5.74, 6) is -0.381. The normalized spacial score (nSPS) is 11.4. The highest BCUT2D eigenvalue weighted by Crippen LogP contribution is 2.27. The van der Waals surface area contributed by atoms with Gasteiger partial charge in [0.05, 0.1) is 6.04 Å². The fourth-order valence-electron chi connectivity index (χ4n) is 3.15. The maximum Gasteiger partial charge on any atom is 0.270 e. The number of rotatable bonds is 7. The minimum Gasteiger partial charge on any atom is -0.296 e. The maximum absolute atomic E-state index is 13.1. The number of aryl methyl sites for hydroxylation is 1. The lowest BCUT2D eigenvalue weighted by molar-refractivity contribution is 0.102. The second-order valence-electron chi connectivity index (χ2n) is 7.07. The highest BCUT2D eigenvalue weighted by atomic mass is 32.2. The number of aromatic nitrogens is 2. The third-order valence-electron chi connectivity index (χ3n) is 4.68. The Morgan fingerprint density at radius 3 is 2.09 bits per heavy atom. The third kappa shape index (κ3) is 5.08. The van der Waals surface area contributed by atoms with Crippen LogP contribution >= 0.6 is 11.3 Å². The molecule has 0 aliphatic rings. The van der Waals surface area contributed by atoms with Gasteiger partial charge in [0.15, 0.2) is 0 Å². The standard InChI is InChI=1S/C23H20N4O3S2/c1-16-9-8-14-19(15-16)21(28)24-22-25-26-23(31-22)32(29,30)27-20(17-10-4-2-5-11-17)18-12-6-3-7-13-18/h2-15,20,27H,1H3,(H,24,25,28). The Morgan fingerprint density at radius 2 is 1.50 bits per heavy atom. The van der Waals surface area contributed by atoms with Gasteiger partial charge in [-0.05, 0) is 30.2 Å². The lowest BCUT2D eigenvalue weighted by Gasteiger charge is -2.18. The maximum atomic E-state index is 13.1. The molecule has 4 aromatic rings. The summed E-state index contributed by atoms with van der Waals surface area (Å²) in [7, 11) is -4.00. The van der Waals surface area contributed by atoms with E-state index in [1.807, 2.05) is 73.7 Å². The van der Waals surface area contributed by atoms with E-state index in [-0.39, 0.29) is 15.4 Å². The summed E-state index contributed by atoms with van der Waals surface area (Å²) in [6.45, 7) is 1.88. The van der Waals surface area contributed by atoms with Crippen molar-refractivity contribution in [2.24, 2.45) is 0 Å². The molecule has 0 radical (unpaired) electrons. The molecule has 162 valence electrons. The van der Waals surface area contributed by atoms with Crippen LogP contribution in [-0.4, -0.2) is 24.5 Å². The van der Waals surface area contributed by atoms with Crippen molar-refractivity contribution in [3.63, 3.8) is 0 Å². The quantitative estimate of drug-likeness (QED) is 0.400. The lowest BCUT2D eigenvalue weighted by atomic mass is 10.00. The number of carbonyl (C=O) groups excluding carboxylic acids is 1. The zero-order chi connectivity index (χ0) is 22.6. The smallest absolute Gasteiger partial charge is 0.270 e. The number of amides is 1. The predicted octanol–water partition coefficient (Wildman–Crippen LogP) is 4.17. The minimum atomic E-state index is -4.00. The van der Waals surface area contributed by atoms with E-state index in [4.69, 9.17) is 0 Å². The minimum absolute atomic E-state index is 0.104. The molecular formula is C23H20N4O3S2. The van der Waals surface area contributed by atoms with Crippen LogP contribution in [0.3, 0.4) is 0 Å². The van der Waals surface area contributed by atoms with Crippen LogP contribution < -0.4 is 10.0 Å². The third-order valence-corrected chi connectivity index (χ3v) is 7.30. The second kappa shape index (κ2) is 9.39. The van der Waals surface area contributed by atoms with E-state index in [2.05, 4.69) is 20.2 Å². The van der Waals surface area contributed by atoms with Gasteiger partial charge >= 0.3 is 0 Å². The molecule has 0 unspecified atom stereocenters. The molecular weight excluding hydrogens is 444 g/mol. The molecule has 0 bridgehead atoms. The molecule has 0 saturated carbocycles. The van der Waals surface area contributed by atoms with Crippen molar-refractivity contribution in [1.29, 1.82) is 0 Å². The molecule has 0 aliphatic heterocycles. The van der Waals surface area contributed by atoms with Gasteiger partial charge in [0.1, 0.15) is 0 Å². The van der Waals surface area contributed by atoms with E-state index in [0.29, 0.717) is 5.56 Å². The van der Waals surface area contributed by atoms with Crippen LogP contribution in [-0.2, 0) is 10.0 Å². The fraction of sp³-hybridized carbons (Fsp3) is 0.0870. The summed E-state index contributed by atoms with van der Waals surface area (Å²) in [6.07, 6.45) is 0. The molecule has 0 fully saturated rings. The highest BCUT2D eigenvalue weighted by Gasteiger charge is 2.26. The van der Waals surface area contributed by atoms with Crippen molar-refractivity contribution in [2.75, 3.05) is 5.32 Å². The number of sulfonamides is 1. The fourth-order valence-corrected chi connectivity index (χ4v) is 5.27. The van der Waals surface area contributed by atoms with E-state index in [1.165, 1.54) is 0 Å². The molecule has 0 saturated heterocycles. The summed E-state index contributed by atoms with van der Waals surface area (Å²) in [5, 5.41) is 10.3.